The third-order valence-corrected chi connectivity index (χ3v) is 5.33. The van der Waals surface area contributed by atoms with Gasteiger partial charge in [-0.3, -0.25) is 4.84 Å². The van der Waals surface area contributed by atoms with Gasteiger partial charge in [0.2, 0.25) is 0 Å². The zero-order chi connectivity index (χ0) is 20.3. The highest BCUT2D eigenvalue weighted by Gasteiger charge is 2.60. The molecule has 6 nitrogen and oxygen atoms in total. The van der Waals surface area contributed by atoms with E-state index in [0.717, 1.165) is 0 Å². The van der Waals surface area contributed by atoms with E-state index < -0.39 is 26.5 Å². The highest BCUT2D eigenvalue weighted by atomic mass is 28.3. The number of carbonyl (C=O) groups excluding carboxylic acids is 1. The molecule has 0 spiro atoms. The molecule has 0 amide bonds. The van der Waals surface area contributed by atoms with E-state index in [1.54, 1.807) is 5.06 Å². The van der Waals surface area contributed by atoms with Gasteiger partial charge in [-0.15, -0.1) is 5.06 Å². The minimum absolute atomic E-state index is 0.0325. The van der Waals surface area contributed by atoms with Crippen LogP contribution in [0.15, 0.2) is 5.57 Å². The van der Waals surface area contributed by atoms with Crippen molar-refractivity contribution in [3.63, 3.8) is 0 Å². The minimum atomic E-state index is -1.66. The van der Waals surface area contributed by atoms with Crippen molar-refractivity contribution in [1.82, 2.24) is 5.06 Å². The molecule has 1 unspecified atom stereocenters. The Morgan fingerprint density at radius 1 is 1.31 bits per heavy atom. The van der Waals surface area contributed by atoms with E-state index in [-0.39, 0.29) is 17.9 Å². The van der Waals surface area contributed by atoms with Gasteiger partial charge in [-0.25, -0.2) is 4.79 Å². The number of hydrogen-bond acceptors (Lipinski definition) is 6. The fourth-order valence-electron chi connectivity index (χ4n) is 3.45. The Morgan fingerprint density at radius 2 is 1.88 bits per heavy atom. The van der Waals surface area contributed by atoms with Crippen molar-refractivity contribution in [2.45, 2.75) is 84.9 Å². The van der Waals surface area contributed by atoms with Crippen LogP contribution in [0.2, 0.25) is 13.1 Å². The Labute approximate surface area is 159 Å². The third kappa shape index (κ3) is 5.26. The fourth-order valence-corrected chi connectivity index (χ4v) is 4.57. The molecule has 2 N–H and O–H groups in total. The second kappa shape index (κ2) is 8.65. The average Bonchev–Trinajstić information content (AvgIpc) is 2.76. The van der Waals surface area contributed by atoms with Crippen molar-refractivity contribution in [2.24, 2.45) is 11.3 Å². The van der Waals surface area contributed by atoms with Gasteiger partial charge in [0.15, 0.2) is 14.8 Å². The van der Waals surface area contributed by atoms with E-state index in [0.29, 0.717) is 25.0 Å². The lowest BCUT2D eigenvalue weighted by molar-refractivity contribution is -0.320. The standard InChI is InChI=1S/C19H37NO5Si/c1-17(2,3)14-12-20(24-18(4,5)6)19(15(14)13-22,25-26(7)8)16(23)10-9-11-21/h14,16,21,23,26H,9-12H2,1-8H3/t14-,16?,19-/m0/s1. The first-order valence-electron chi connectivity index (χ1n) is 9.48. The van der Waals surface area contributed by atoms with Gasteiger partial charge in [-0.1, -0.05) is 20.8 Å². The molecule has 0 bridgehead atoms. The van der Waals surface area contributed by atoms with Gasteiger partial charge in [0, 0.05) is 19.1 Å². The van der Waals surface area contributed by atoms with Crippen LogP contribution in [0.3, 0.4) is 0 Å². The lowest BCUT2D eigenvalue weighted by Crippen LogP contribution is -2.59. The Morgan fingerprint density at radius 3 is 2.27 bits per heavy atom. The molecule has 1 heterocycles. The second-order valence-electron chi connectivity index (χ2n) is 9.44. The van der Waals surface area contributed by atoms with Crippen LogP contribution in [0.25, 0.3) is 0 Å². The molecule has 3 atom stereocenters. The predicted molar refractivity (Wildman–Crippen MR) is 105 cm³/mol. The molecule has 1 aliphatic heterocycles. The quantitative estimate of drug-likeness (QED) is 0.515. The summed E-state index contributed by atoms with van der Waals surface area (Å²) in [4.78, 5) is 18.3. The van der Waals surface area contributed by atoms with Crippen molar-refractivity contribution in [3.05, 3.63) is 5.57 Å². The molecule has 0 aromatic heterocycles. The molecule has 152 valence electrons. The SMILES string of the molecule is C[SiH](C)O[C@]1(C(O)CCCO)C(=C=O)[C@@H](C(C)(C)C)CN1OC(C)(C)C. The summed E-state index contributed by atoms with van der Waals surface area (Å²) in [5, 5.41) is 22.0. The molecule has 0 saturated carbocycles. The second-order valence-corrected chi connectivity index (χ2v) is 11.8. The first-order chi connectivity index (χ1) is 11.8. The maximum Gasteiger partial charge on any atom is 0.193 e. The van der Waals surface area contributed by atoms with Gasteiger partial charge in [0.25, 0.3) is 0 Å². The van der Waals surface area contributed by atoms with Crippen molar-refractivity contribution in [1.29, 1.82) is 0 Å². The molecule has 0 aromatic carbocycles. The van der Waals surface area contributed by atoms with Gasteiger partial charge in [-0.2, -0.15) is 0 Å². The summed E-state index contributed by atoms with van der Waals surface area (Å²) in [6.07, 6.45) is -0.263. The molecule has 0 radical (unpaired) electrons. The summed E-state index contributed by atoms with van der Waals surface area (Å²) < 4.78 is 6.35. The third-order valence-electron chi connectivity index (χ3n) is 4.50. The van der Waals surface area contributed by atoms with Gasteiger partial charge in [-0.05, 0) is 52.1 Å². The van der Waals surface area contributed by atoms with Gasteiger partial charge in [0.05, 0.1) is 11.2 Å². The van der Waals surface area contributed by atoms with Gasteiger partial charge >= 0.3 is 0 Å². The van der Waals surface area contributed by atoms with Crippen LogP contribution < -0.4 is 0 Å². The van der Waals surface area contributed by atoms with Crippen LogP contribution in [0.1, 0.15) is 54.4 Å². The van der Waals surface area contributed by atoms with Crippen molar-refractivity contribution in [2.75, 3.05) is 13.2 Å². The van der Waals surface area contributed by atoms with Crippen molar-refractivity contribution < 1.29 is 24.3 Å². The Bertz CT molecular complexity index is 519. The minimum Gasteiger partial charge on any atom is -0.396 e. The molecule has 1 fully saturated rings. The summed E-state index contributed by atoms with van der Waals surface area (Å²) in [5.41, 5.74) is -1.65. The molecule has 1 aliphatic rings. The lowest BCUT2D eigenvalue weighted by atomic mass is 9.75. The van der Waals surface area contributed by atoms with Crippen molar-refractivity contribution >= 4 is 15.0 Å². The summed E-state index contributed by atoms with van der Waals surface area (Å²) in [5.74, 6) is 1.96. The normalized spacial score (nSPS) is 26.4. The maximum atomic E-state index is 12.1. The summed E-state index contributed by atoms with van der Waals surface area (Å²) >= 11 is 0. The zero-order valence-corrected chi connectivity index (χ0v) is 18.8. The zero-order valence-electron chi connectivity index (χ0n) is 17.6. The lowest BCUT2D eigenvalue weighted by Gasteiger charge is -2.44. The van der Waals surface area contributed by atoms with Gasteiger partial charge < -0.3 is 14.6 Å². The highest BCUT2D eigenvalue weighted by Crippen LogP contribution is 2.49. The number of nitrogens with zero attached hydrogens (tertiary/aromatic N) is 1. The van der Waals surface area contributed by atoms with Crippen molar-refractivity contribution in [3.8, 4) is 0 Å². The summed E-state index contributed by atoms with van der Waals surface area (Å²) in [6, 6.07) is 0. The molecule has 26 heavy (non-hydrogen) atoms. The topological polar surface area (TPSA) is 79.2 Å². The van der Waals surface area contributed by atoms with E-state index in [1.165, 1.54) is 0 Å². The Kier molecular flexibility index (Phi) is 7.82. The average molecular weight is 388 g/mol. The van der Waals surface area contributed by atoms with Crippen LogP contribution in [0.4, 0.5) is 0 Å². The van der Waals surface area contributed by atoms with Crippen LogP contribution in [-0.2, 0) is 14.1 Å². The van der Waals surface area contributed by atoms with Crippen LogP contribution in [0, 0.1) is 11.3 Å². The molecule has 7 heteroatoms. The number of hydrogen-bond donors (Lipinski definition) is 2. The first-order valence-corrected chi connectivity index (χ1v) is 12.3. The van der Waals surface area contributed by atoms with Crippen LogP contribution >= 0.6 is 0 Å². The maximum absolute atomic E-state index is 12.1. The van der Waals surface area contributed by atoms with E-state index in [2.05, 4.69) is 26.7 Å². The highest BCUT2D eigenvalue weighted by molar-refractivity contribution is 6.48. The summed E-state index contributed by atoms with van der Waals surface area (Å²) in [6.45, 7) is 16.4. The summed E-state index contributed by atoms with van der Waals surface area (Å²) in [7, 11) is -1.66. The van der Waals surface area contributed by atoms with Crippen LogP contribution in [-0.4, -0.2) is 60.8 Å². The number of aliphatic hydroxyl groups is 2. The van der Waals surface area contributed by atoms with E-state index >= 15 is 0 Å². The molecule has 1 saturated heterocycles. The smallest absolute Gasteiger partial charge is 0.193 e. The molecule has 0 aliphatic carbocycles. The Balaban J connectivity index is 3.53. The molecular formula is C19H37NO5Si. The number of rotatable bonds is 7. The molecule has 0 aromatic rings. The fraction of sp³-hybridized carbons (Fsp3) is 0.895. The molecular weight excluding hydrogens is 350 g/mol. The van der Waals surface area contributed by atoms with Gasteiger partial charge in [0.1, 0.15) is 12.0 Å². The van der Waals surface area contributed by atoms with Crippen LogP contribution in [0.5, 0.6) is 0 Å². The van der Waals surface area contributed by atoms with E-state index in [4.69, 9.17) is 9.26 Å². The largest absolute Gasteiger partial charge is 0.396 e. The van der Waals surface area contributed by atoms with E-state index in [9.17, 15) is 15.0 Å². The molecule has 1 rings (SSSR count). The number of hydroxylamine groups is 2. The monoisotopic (exact) mass is 387 g/mol. The number of aliphatic hydroxyl groups excluding tert-OH is 2. The Hall–Kier alpha value is -0.533. The van der Waals surface area contributed by atoms with E-state index in [1.807, 2.05) is 33.9 Å². The predicted octanol–water partition coefficient (Wildman–Crippen LogP) is 2.28. The first kappa shape index (κ1) is 23.5.